The number of para-hydroxylation sites is 3. The van der Waals surface area contributed by atoms with Crippen LogP contribution >= 0.6 is 0 Å². The number of benzene rings is 9. The van der Waals surface area contributed by atoms with E-state index in [4.69, 9.17) is 4.42 Å². The molecule has 304 valence electrons. The molecule has 0 radical (unpaired) electrons. The molecule has 13 rings (SSSR count). The fourth-order valence-electron chi connectivity index (χ4n) is 11.6. The van der Waals surface area contributed by atoms with Crippen LogP contribution in [-0.2, 0) is 10.8 Å². The van der Waals surface area contributed by atoms with Crippen molar-refractivity contribution in [2.45, 2.75) is 38.5 Å². The summed E-state index contributed by atoms with van der Waals surface area (Å²) in [6.07, 6.45) is 0. The monoisotopic (exact) mass is 820 g/mol. The van der Waals surface area contributed by atoms with Crippen molar-refractivity contribution in [3.05, 3.63) is 234 Å². The Morgan fingerprint density at radius 3 is 1.92 bits per heavy atom. The van der Waals surface area contributed by atoms with Crippen LogP contribution in [0.1, 0.15) is 54.2 Å². The molecule has 9 aromatic carbocycles. The fraction of sp³-hybridized carbons (Fsp3) is 0.100. The zero-order valence-corrected chi connectivity index (χ0v) is 36.4. The molecule has 3 nitrogen and oxygen atoms in total. The molecule has 64 heavy (non-hydrogen) atoms. The number of hydrogen-bond acceptors (Lipinski definition) is 3. The second kappa shape index (κ2) is 13.5. The zero-order valence-electron chi connectivity index (χ0n) is 36.4. The maximum atomic E-state index is 6.78. The van der Waals surface area contributed by atoms with Crippen molar-refractivity contribution in [1.29, 1.82) is 0 Å². The topological polar surface area (TPSA) is 19.6 Å². The molecular weight excluding hydrogens is 775 g/mol. The summed E-state index contributed by atoms with van der Waals surface area (Å²) in [6, 6.07) is 74.7. The van der Waals surface area contributed by atoms with Crippen molar-refractivity contribution in [3.8, 4) is 22.3 Å². The van der Waals surface area contributed by atoms with Crippen molar-refractivity contribution in [3.63, 3.8) is 0 Å². The molecule has 0 saturated carbocycles. The molecule has 3 aliphatic rings. The van der Waals surface area contributed by atoms with Crippen LogP contribution in [0.4, 0.5) is 28.4 Å². The predicted molar refractivity (Wildman–Crippen MR) is 268 cm³/mol. The fourth-order valence-corrected chi connectivity index (χ4v) is 11.6. The minimum Gasteiger partial charge on any atom is -0.456 e. The minimum absolute atomic E-state index is 0.0404. The van der Waals surface area contributed by atoms with Gasteiger partial charge in [0, 0.05) is 33.6 Å². The summed E-state index contributed by atoms with van der Waals surface area (Å²) in [5.41, 5.74) is 22.2. The van der Waals surface area contributed by atoms with Crippen LogP contribution in [0.15, 0.2) is 205 Å². The summed E-state index contributed by atoms with van der Waals surface area (Å²) in [7, 11) is 0. The maximum absolute atomic E-state index is 6.78. The van der Waals surface area contributed by atoms with Crippen LogP contribution in [0.3, 0.4) is 0 Å². The van der Waals surface area contributed by atoms with Gasteiger partial charge in [-0.15, -0.1) is 0 Å². The number of aryl methyl sites for hydroxylation is 1. The number of fused-ring (bicyclic) bond motifs is 10. The smallest absolute Gasteiger partial charge is 0.333 e. The lowest BCUT2D eigenvalue weighted by Gasteiger charge is -2.53. The largest absolute Gasteiger partial charge is 0.456 e. The molecular formula is C60H45BN2O. The highest BCUT2D eigenvalue weighted by atomic mass is 16.3. The molecule has 0 spiro atoms. The average molecular weight is 821 g/mol. The third-order valence-corrected chi connectivity index (χ3v) is 14.3. The summed E-state index contributed by atoms with van der Waals surface area (Å²) >= 11 is 0. The predicted octanol–water partition coefficient (Wildman–Crippen LogP) is 14.3. The molecule has 0 atom stereocenters. The Kier molecular flexibility index (Phi) is 7.80. The lowest BCUT2D eigenvalue weighted by molar-refractivity contribution is 0.590. The summed E-state index contributed by atoms with van der Waals surface area (Å²) in [6.45, 7) is 9.04. The number of hydrogen-bond donors (Lipinski definition) is 0. The van der Waals surface area contributed by atoms with Crippen molar-refractivity contribution in [2.24, 2.45) is 0 Å². The van der Waals surface area contributed by atoms with E-state index >= 15 is 0 Å². The number of anilines is 5. The van der Waals surface area contributed by atoms with Gasteiger partial charge in [-0.05, 0) is 104 Å². The molecule has 3 aliphatic heterocycles. The van der Waals surface area contributed by atoms with Crippen LogP contribution in [0, 0.1) is 6.92 Å². The Morgan fingerprint density at radius 2 is 1.17 bits per heavy atom. The van der Waals surface area contributed by atoms with Gasteiger partial charge >= 0.3 is 6.85 Å². The highest BCUT2D eigenvalue weighted by Crippen LogP contribution is 2.61. The van der Waals surface area contributed by atoms with Crippen LogP contribution in [0.2, 0.25) is 0 Å². The van der Waals surface area contributed by atoms with E-state index in [2.05, 4.69) is 238 Å². The molecule has 4 heterocycles. The third-order valence-electron chi connectivity index (χ3n) is 14.3. The van der Waals surface area contributed by atoms with Gasteiger partial charge in [0.05, 0.1) is 22.2 Å². The summed E-state index contributed by atoms with van der Waals surface area (Å²) in [5, 5.41) is 2.25. The summed E-state index contributed by atoms with van der Waals surface area (Å²) < 4.78 is 6.78. The van der Waals surface area contributed by atoms with E-state index in [9.17, 15) is 0 Å². The van der Waals surface area contributed by atoms with Gasteiger partial charge < -0.3 is 14.1 Å². The zero-order chi connectivity index (χ0) is 42.9. The van der Waals surface area contributed by atoms with E-state index in [1.54, 1.807) is 0 Å². The first-order chi connectivity index (χ1) is 31.3. The molecule has 0 fully saturated rings. The third kappa shape index (κ3) is 5.00. The van der Waals surface area contributed by atoms with Crippen molar-refractivity contribution >= 4 is 68.1 Å². The lowest BCUT2D eigenvalue weighted by Crippen LogP contribution is -2.63. The molecule has 0 bridgehead atoms. The Labute approximate surface area is 375 Å². The first-order valence-electron chi connectivity index (χ1n) is 22.5. The first kappa shape index (κ1) is 37.0. The van der Waals surface area contributed by atoms with Gasteiger partial charge in [-0.25, -0.2) is 0 Å². The first-order valence-corrected chi connectivity index (χ1v) is 22.5. The van der Waals surface area contributed by atoms with Crippen LogP contribution < -0.4 is 20.6 Å². The van der Waals surface area contributed by atoms with Crippen LogP contribution in [0.25, 0.3) is 44.2 Å². The second-order valence-corrected chi connectivity index (χ2v) is 18.9. The molecule has 4 heteroatoms. The molecule has 0 aliphatic carbocycles. The quantitative estimate of drug-likeness (QED) is 0.165. The second-order valence-electron chi connectivity index (χ2n) is 18.9. The van der Waals surface area contributed by atoms with E-state index < -0.39 is 5.41 Å². The van der Waals surface area contributed by atoms with Gasteiger partial charge in [-0.1, -0.05) is 185 Å². The number of furan rings is 1. The standard InChI is InChI=1S/C60H45BN2O/c1-38-35-46-43-26-18-28-48-57(43)63(51-29-16-15-27-47(51)60(48,40-21-10-6-11-22-40)41-23-12-7-13-24-41)61-49-32-34-54-55(44-25-14-17-30-53(44)64-54)58(49)62(52(36-38)56(46)61)50-33-31-42(59(2,3)4)37-45(50)39-19-8-5-9-20-39/h5-37H,1-4H3. The van der Waals surface area contributed by atoms with Crippen LogP contribution in [0.5, 0.6) is 0 Å². The van der Waals surface area contributed by atoms with Crippen molar-refractivity contribution in [1.82, 2.24) is 0 Å². The lowest BCUT2D eigenvalue weighted by atomic mass is 9.42. The Morgan fingerprint density at radius 1 is 0.500 bits per heavy atom. The SMILES string of the molecule is Cc1cc2c3c(c1)N(c1ccc(C(C)(C)C)cc1-c1ccccc1)c1c(ccc4oc5ccccc5c14)B3N1c3ccccc3C(c3ccccc3)(c3ccccc3)c3cccc-2c31. The number of nitrogens with zero attached hydrogens (tertiary/aromatic N) is 2. The Balaban J connectivity index is 1.20. The Hall–Kier alpha value is -7.56. The molecule has 0 saturated heterocycles. The van der Waals surface area contributed by atoms with E-state index in [-0.39, 0.29) is 12.3 Å². The molecule has 0 N–H and O–H groups in total. The normalized spacial score (nSPS) is 14.3. The molecule has 0 amide bonds. The summed E-state index contributed by atoms with van der Waals surface area (Å²) in [5.74, 6) is 0. The van der Waals surface area contributed by atoms with Crippen molar-refractivity contribution in [2.75, 3.05) is 9.71 Å². The van der Waals surface area contributed by atoms with Crippen molar-refractivity contribution < 1.29 is 4.42 Å². The van der Waals surface area contributed by atoms with E-state index in [1.807, 2.05) is 0 Å². The van der Waals surface area contributed by atoms with Gasteiger partial charge in [0.15, 0.2) is 0 Å². The van der Waals surface area contributed by atoms with Gasteiger partial charge in [0.1, 0.15) is 11.2 Å². The molecule has 0 unspecified atom stereocenters. The summed E-state index contributed by atoms with van der Waals surface area (Å²) in [4.78, 5) is 5.30. The molecule has 10 aromatic rings. The molecule has 1 aromatic heterocycles. The average Bonchev–Trinajstić information content (AvgIpc) is 3.72. The van der Waals surface area contributed by atoms with E-state index in [1.165, 1.54) is 89.3 Å². The highest BCUT2D eigenvalue weighted by molar-refractivity contribution is 6.94. The van der Waals surface area contributed by atoms with Gasteiger partial charge in [0.2, 0.25) is 0 Å². The Bertz CT molecular complexity index is 3470. The van der Waals surface area contributed by atoms with Gasteiger partial charge in [0.25, 0.3) is 0 Å². The van der Waals surface area contributed by atoms with Gasteiger partial charge in [-0.3, -0.25) is 0 Å². The maximum Gasteiger partial charge on any atom is 0.333 e. The van der Waals surface area contributed by atoms with Gasteiger partial charge in [-0.2, -0.15) is 0 Å². The van der Waals surface area contributed by atoms with Crippen LogP contribution in [-0.4, -0.2) is 6.85 Å². The highest BCUT2D eigenvalue weighted by Gasteiger charge is 2.54. The van der Waals surface area contributed by atoms with E-state index in [0.717, 1.165) is 27.6 Å². The van der Waals surface area contributed by atoms with E-state index in [0.29, 0.717) is 0 Å². The number of rotatable bonds is 4. The minimum atomic E-state index is -0.571.